The summed E-state index contributed by atoms with van der Waals surface area (Å²) < 4.78 is 0. The summed E-state index contributed by atoms with van der Waals surface area (Å²) in [7, 11) is 1.86. The first-order valence-electron chi connectivity index (χ1n) is 4.21. The van der Waals surface area contributed by atoms with Crippen molar-refractivity contribution < 1.29 is 5.21 Å². The van der Waals surface area contributed by atoms with Gasteiger partial charge < -0.3 is 15.8 Å². The molecule has 0 saturated carbocycles. The molecule has 0 radical (unpaired) electrons. The van der Waals surface area contributed by atoms with Gasteiger partial charge in [-0.15, -0.1) is 5.10 Å². The summed E-state index contributed by atoms with van der Waals surface area (Å²) in [6, 6.07) is 1.66. The van der Waals surface area contributed by atoms with E-state index in [1.54, 1.807) is 6.07 Å². The zero-order valence-corrected chi connectivity index (χ0v) is 8.18. The van der Waals surface area contributed by atoms with Gasteiger partial charge in [0.2, 0.25) is 0 Å². The van der Waals surface area contributed by atoms with Crippen molar-refractivity contribution in [1.29, 1.82) is 0 Å². The number of nitrogens with zero attached hydrogens (tertiary/aromatic N) is 4. The van der Waals surface area contributed by atoms with E-state index in [1.807, 2.05) is 18.9 Å². The smallest absolute Gasteiger partial charge is 0.173 e. The van der Waals surface area contributed by atoms with Crippen molar-refractivity contribution in [3.63, 3.8) is 0 Å². The van der Waals surface area contributed by atoms with Crippen LogP contribution >= 0.6 is 0 Å². The van der Waals surface area contributed by atoms with Crippen LogP contribution < -0.4 is 10.6 Å². The molecule has 0 aliphatic rings. The van der Waals surface area contributed by atoms with E-state index in [0.717, 1.165) is 6.54 Å². The molecule has 6 nitrogen and oxygen atoms in total. The molecule has 1 aromatic heterocycles. The van der Waals surface area contributed by atoms with Crippen molar-refractivity contribution in [2.75, 3.05) is 18.5 Å². The summed E-state index contributed by atoms with van der Waals surface area (Å²) in [5, 5.41) is 19.2. The summed E-state index contributed by atoms with van der Waals surface area (Å²) in [5.74, 6) is 0.639. The minimum Gasteiger partial charge on any atom is -0.409 e. The van der Waals surface area contributed by atoms with Gasteiger partial charge in [0.1, 0.15) is 0 Å². The highest BCUT2D eigenvalue weighted by molar-refractivity contribution is 6.01. The predicted octanol–water partition coefficient (Wildman–Crippen LogP) is 0.0272. The molecule has 0 fully saturated rings. The molecule has 76 valence electrons. The van der Waals surface area contributed by atoms with Crippen LogP contribution in [0.15, 0.2) is 17.4 Å². The number of hydrogen-bond acceptors (Lipinski definition) is 5. The molecular weight excluding hydrogens is 182 g/mol. The van der Waals surface area contributed by atoms with Gasteiger partial charge in [0.05, 0.1) is 11.8 Å². The monoisotopic (exact) mass is 195 g/mol. The second kappa shape index (κ2) is 4.40. The first-order chi connectivity index (χ1) is 6.70. The summed E-state index contributed by atoms with van der Waals surface area (Å²) in [6.07, 6.45) is 1.50. The van der Waals surface area contributed by atoms with E-state index in [0.29, 0.717) is 11.4 Å². The Balaban J connectivity index is 3.16. The fourth-order valence-corrected chi connectivity index (χ4v) is 1.01. The number of aromatic nitrogens is 2. The van der Waals surface area contributed by atoms with Gasteiger partial charge in [0.15, 0.2) is 11.7 Å². The fourth-order valence-electron chi connectivity index (χ4n) is 1.01. The van der Waals surface area contributed by atoms with Crippen LogP contribution in [0.2, 0.25) is 0 Å². The summed E-state index contributed by atoms with van der Waals surface area (Å²) in [4.78, 5) is 1.86. The average molecular weight is 195 g/mol. The van der Waals surface area contributed by atoms with E-state index in [-0.39, 0.29) is 5.84 Å². The Labute approximate surface area is 82.0 Å². The highest BCUT2D eigenvalue weighted by Crippen LogP contribution is 2.13. The molecule has 0 aromatic carbocycles. The first-order valence-corrected chi connectivity index (χ1v) is 4.21. The molecule has 0 unspecified atom stereocenters. The van der Waals surface area contributed by atoms with Crippen LogP contribution in [0, 0.1) is 0 Å². The van der Waals surface area contributed by atoms with Gasteiger partial charge in [0.25, 0.3) is 0 Å². The molecule has 3 N–H and O–H groups in total. The molecule has 1 heterocycles. The Hall–Kier alpha value is -1.85. The Bertz CT molecular complexity index is 338. The predicted molar refractivity (Wildman–Crippen MR) is 53.5 cm³/mol. The summed E-state index contributed by atoms with van der Waals surface area (Å²) in [6.45, 7) is 2.75. The molecule has 1 rings (SSSR count). The van der Waals surface area contributed by atoms with Gasteiger partial charge >= 0.3 is 0 Å². The van der Waals surface area contributed by atoms with Gasteiger partial charge in [0, 0.05) is 13.6 Å². The molecule has 1 aromatic rings. The number of hydrogen-bond donors (Lipinski definition) is 2. The number of nitrogens with two attached hydrogens (primary N) is 1. The van der Waals surface area contributed by atoms with Crippen molar-refractivity contribution in [3.05, 3.63) is 17.8 Å². The number of amidine groups is 1. The van der Waals surface area contributed by atoms with Gasteiger partial charge in [-0.25, -0.2) is 0 Å². The Kier molecular flexibility index (Phi) is 3.22. The Morgan fingerprint density at radius 3 is 3.00 bits per heavy atom. The SMILES string of the molecule is CCN(C)c1nnccc1/C(N)=N/O. The maximum absolute atomic E-state index is 8.56. The van der Waals surface area contributed by atoms with E-state index in [2.05, 4.69) is 15.4 Å². The lowest BCUT2D eigenvalue weighted by Gasteiger charge is -2.17. The normalized spacial score (nSPS) is 11.4. The van der Waals surface area contributed by atoms with E-state index >= 15 is 0 Å². The quantitative estimate of drug-likeness (QED) is 0.307. The topological polar surface area (TPSA) is 87.6 Å². The lowest BCUT2D eigenvalue weighted by molar-refractivity contribution is 0.318. The van der Waals surface area contributed by atoms with Gasteiger partial charge in [-0.1, -0.05) is 5.16 Å². The lowest BCUT2D eigenvalue weighted by Crippen LogP contribution is -2.24. The van der Waals surface area contributed by atoms with Crippen molar-refractivity contribution >= 4 is 11.7 Å². The lowest BCUT2D eigenvalue weighted by atomic mass is 10.2. The third-order valence-electron chi connectivity index (χ3n) is 1.92. The van der Waals surface area contributed by atoms with E-state index < -0.39 is 0 Å². The van der Waals surface area contributed by atoms with Crippen molar-refractivity contribution in [1.82, 2.24) is 10.2 Å². The van der Waals surface area contributed by atoms with Crippen LogP contribution in [0.5, 0.6) is 0 Å². The van der Waals surface area contributed by atoms with Gasteiger partial charge in [-0.3, -0.25) is 0 Å². The molecule has 14 heavy (non-hydrogen) atoms. The molecule has 0 bridgehead atoms. The molecular formula is C8H13N5O. The molecule has 6 heteroatoms. The van der Waals surface area contributed by atoms with E-state index in [9.17, 15) is 0 Å². The summed E-state index contributed by atoms with van der Waals surface area (Å²) >= 11 is 0. The van der Waals surface area contributed by atoms with Crippen molar-refractivity contribution in [2.45, 2.75) is 6.92 Å². The number of rotatable bonds is 3. The Morgan fingerprint density at radius 2 is 2.43 bits per heavy atom. The largest absolute Gasteiger partial charge is 0.409 e. The standard InChI is InChI=1S/C8H13N5O/c1-3-13(2)8-6(7(9)12-14)4-5-10-11-8/h4-5,14H,3H2,1-2H3,(H2,9,12). The molecule has 0 amide bonds. The molecule has 0 aliphatic heterocycles. The second-order valence-corrected chi connectivity index (χ2v) is 2.77. The van der Waals surface area contributed by atoms with Crippen molar-refractivity contribution in [3.8, 4) is 0 Å². The molecule has 0 aliphatic carbocycles. The van der Waals surface area contributed by atoms with Crippen LogP contribution in [-0.4, -0.2) is 34.8 Å². The molecule has 0 atom stereocenters. The average Bonchev–Trinajstić information content (AvgIpc) is 2.27. The van der Waals surface area contributed by atoms with Gasteiger partial charge in [-0.05, 0) is 13.0 Å². The molecule has 0 saturated heterocycles. The van der Waals surface area contributed by atoms with Crippen LogP contribution in [0.3, 0.4) is 0 Å². The molecule has 0 spiro atoms. The fraction of sp³-hybridized carbons (Fsp3) is 0.375. The highest BCUT2D eigenvalue weighted by Gasteiger charge is 2.11. The first kappa shape index (κ1) is 10.2. The van der Waals surface area contributed by atoms with Gasteiger partial charge in [-0.2, -0.15) is 5.10 Å². The van der Waals surface area contributed by atoms with Crippen LogP contribution in [0.1, 0.15) is 12.5 Å². The highest BCUT2D eigenvalue weighted by atomic mass is 16.4. The number of anilines is 1. The third-order valence-corrected chi connectivity index (χ3v) is 1.92. The van der Waals surface area contributed by atoms with Crippen LogP contribution in [0.25, 0.3) is 0 Å². The number of oxime groups is 1. The zero-order chi connectivity index (χ0) is 10.6. The minimum absolute atomic E-state index is 0.0372. The second-order valence-electron chi connectivity index (χ2n) is 2.77. The Morgan fingerprint density at radius 1 is 1.71 bits per heavy atom. The van der Waals surface area contributed by atoms with E-state index in [1.165, 1.54) is 6.20 Å². The maximum Gasteiger partial charge on any atom is 0.173 e. The zero-order valence-electron chi connectivity index (χ0n) is 8.18. The minimum atomic E-state index is 0.0372. The summed E-state index contributed by atoms with van der Waals surface area (Å²) in [5.41, 5.74) is 6.07. The van der Waals surface area contributed by atoms with Crippen LogP contribution in [-0.2, 0) is 0 Å². The van der Waals surface area contributed by atoms with Crippen molar-refractivity contribution in [2.24, 2.45) is 10.9 Å². The van der Waals surface area contributed by atoms with E-state index in [4.69, 9.17) is 10.9 Å². The third kappa shape index (κ3) is 1.90. The maximum atomic E-state index is 8.56. The van der Waals surface area contributed by atoms with Crippen LogP contribution in [0.4, 0.5) is 5.82 Å².